The summed E-state index contributed by atoms with van der Waals surface area (Å²) in [6.45, 7) is 1.48. The van der Waals surface area contributed by atoms with Crippen LogP contribution in [-0.4, -0.2) is 32.8 Å². The zero-order chi connectivity index (χ0) is 13.0. The van der Waals surface area contributed by atoms with Crippen molar-refractivity contribution in [2.24, 2.45) is 7.05 Å². The molecule has 1 heterocycles. The zero-order valence-electron chi connectivity index (χ0n) is 9.71. The van der Waals surface area contributed by atoms with Crippen molar-refractivity contribution in [2.45, 2.75) is 19.6 Å². The number of aliphatic hydroxyl groups is 1. The first-order valence-corrected chi connectivity index (χ1v) is 5.13. The number of hydrogen-bond donors (Lipinski definition) is 2. The SMILES string of the molecule is CC(O)CNC(=O)Cn1ccc(=O)n(C)c1=O. The van der Waals surface area contributed by atoms with E-state index in [0.29, 0.717) is 0 Å². The van der Waals surface area contributed by atoms with E-state index in [1.54, 1.807) is 6.92 Å². The Hall–Kier alpha value is -1.89. The van der Waals surface area contributed by atoms with E-state index in [2.05, 4.69) is 5.32 Å². The van der Waals surface area contributed by atoms with Crippen LogP contribution >= 0.6 is 0 Å². The van der Waals surface area contributed by atoms with E-state index in [4.69, 9.17) is 5.11 Å². The first kappa shape index (κ1) is 13.2. The fourth-order valence-electron chi connectivity index (χ4n) is 1.21. The maximum atomic E-state index is 11.6. The van der Waals surface area contributed by atoms with Crippen LogP contribution in [0.3, 0.4) is 0 Å². The molecular formula is C10H15N3O4. The van der Waals surface area contributed by atoms with Gasteiger partial charge in [-0.2, -0.15) is 0 Å². The van der Waals surface area contributed by atoms with Crippen LogP contribution < -0.4 is 16.6 Å². The highest BCUT2D eigenvalue weighted by atomic mass is 16.3. The largest absolute Gasteiger partial charge is 0.392 e. The summed E-state index contributed by atoms with van der Waals surface area (Å²) in [4.78, 5) is 34.1. The highest BCUT2D eigenvalue weighted by Gasteiger charge is 2.07. The molecule has 0 fully saturated rings. The summed E-state index contributed by atoms with van der Waals surface area (Å²) in [6, 6.07) is 1.21. The quantitative estimate of drug-likeness (QED) is 0.640. The molecule has 1 unspecified atom stereocenters. The topological polar surface area (TPSA) is 93.3 Å². The smallest absolute Gasteiger partial charge is 0.331 e. The third-order valence-corrected chi connectivity index (χ3v) is 2.17. The van der Waals surface area contributed by atoms with Crippen LogP contribution in [-0.2, 0) is 18.4 Å². The van der Waals surface area contributed by atoms with Gasteiger partial charge in [0.25, 0.3) is 5.56 Å². The Labute approximate surface area is 97.3 Å². The predicted molar refractivity (Wildman–Crippen MR) is 60.6 cm³/mol. The van der Waals surface area contributed by atoms with Gasteiger partial charge in [-0.05, 0) is 6.92 Å². The summed E-state index contributed by atoms with van der Waals surface area (Å²) in [6.07, 6.45) is 0.628. The number of aliphatic hydroxyl groups excluding tert-OH is 1. The molecule has 7 heteroatoms. The lowest BCUT2D eigenvalue weighted by atomic mass is 10.4. The summed E-state index contributed by atoms with van der Waals surface area (Å²) in [5.41, 5.74) is -0.972. The molecular weight excluding hydrogens is 226 g/mol. The molecule has 7 nitrogen and oxygen atoms in total. The van der Waals surface area contributed by atoms with Crippen LogP contribution in [0.2, 0.25) is 0 Å². The lowest BCUT2D eigenvalue weighted by molar-refractivity contribution is -0.122. The molecule has 0 aromatic carbocycles. The van der Waals surface area contributed by atoms with Gasteiger partial charge in [-0.3, -0.25) is 18.7 Å². The minimum atomic E-state index is -0.643. The van der Waals surface area contributed by atoms with E-state index in [1.807, 2.05) is 0 Å². The summed E-state index contributed by atoms with van der Waals surface area (Å²) in [5.74, 6) is -0.397. The number of carbonyl (C=O) groups is 1. The fraction of sp³-hybridized carbons (Fsp3) is 0.500. The Morgan fingerprint density at radius 3 is 2.76 bits per heavy atom. The fourth-order valence-corrected chi connectivity index (χ4v) is 1.21. The minimum absolute atomic E-state index is 0.124. The molecule has 1 aromatic heterocycles. The number of amides is 1. The first-order chi connectivity index (χ1) is 7.91. The molecule has 0 aliphatic rings. The van der Waals surface area contributed by atoms with Gasteiger partial charge < -0.3 is 10.4 Å². The second kappa shape index (κ2) is 5.44. The predicted octanol–water partition coefficient (Wildman–Crippen LogP) is -1.96. The molecule has 1 amide bonds. The normalized spacial score (nSPS) is 12.2. The third-order valence-electron chi connectivity index (χ3n) is 2.17. The van der Waals surface area contributed by atoms with Crippen LogP contribution in [0.25, 0.3) is 0 Å². The molecule has 94 valence electrons. The van der Waals surface area contributed by atoms with E-state index in [0.717, 1.165) is 9.13 Å². The highest BCUT2D eigenvalue weighted by molar-refractivity contribution is 5.75. The molecule has 0 aliphatic carbocycles. The number of nitrogens with zero attached hydrogens (tertiary/aromatic N) is 2. The van der Waals surface area contributed by atoms with E-state index in [1.165, 1.54) is 19.3 Å². The molecule has 17 heavy (non-hydrogen) atoms. The van der Waals surface area contributed by atoms with Gasteiger partial charge >= 0.3 is 5.69 Å². The van der Waals surface area contributed by atoms with Crippen molar-refractivity contribution in [1.29, 1.82) is 0 Å². The van der Waals surface area contributed by atoms with E-state index in [9.17, 15) is 14.4 Å². The molecule has 0 saturated heterocycles. The number of aromatic nitrogens is 2. The average Bonchev–Trinajstić information content (AvgIpc) is 2.27. The number of rotatable bonds is 4. The van der Waals surface area contributed by atoms with Gasteiger partial charge in [0.1, 0.15) is 6.54 Å². The van der Waals surface area contributed by atoms with Crippen LogP contribution in [0.4, 0.5) is 0 Å². The molecule has 1 aromatic rings. The second-order valence-corrected chi connectivity index (χ2v) is 3.78. The maximum absolute atomic E-state index is 11.6. The number of carbonyl (C=O) groups excluding carboxylic acids is 1. The Morgan fingerprint density at radius 1 is 1.53 bits per heavy atom. The van der Waals surface area contributed by atoms with E-state index < -0.39 is 23.3 Å². The summed E-state index contributed by atoms with van der Waals surface area (Å²) >= 11 is 0. The van der Waals surface area contributed by atoms with E-state index >= 15 is 0 Å². The Kier molecular flexibility index (Phi) is 4.22. The van der Waals surface area contributed by atoms with Gasteiger partial charge in [-0.1, -0.05) is 0 Å². The molecule has 2 N–H and O–H groups in total. The molecule has 0 spiro atoms. The van der Waals surface area contributed by atoms with Crippen LogP contribution in [0.5, 0.6) is 0 Å². The van der Waals surface area contributed by atoms with Gasteiger partial charge in [-0.15, -0.1) is 0 Å². The Bertz CT molecular complexity index is 515. The van der Waals surface area contributed by atoms with Gasteiger partial charge in [-0.25, -0.2) is 4.79 Å². The maximum Gasteiger partial charge on any atom is 0.331 e. The van der Waals surface area contributed by atoms with Crippen molar-refractivity contribution in [3.63, 3.8) is 0 Å². The first-order valence-electron chi connectivity index (χ1n) is 5.13. The lowest BCUT2D eigenvalue weighted by Gasteiger charge is -2.09. The average molecular weight is 241 g/mol. The molecule has 0 bridgehead atoms. The summed E-state index contributed by atoms with van der Waals surface area (Å²) in [5, 5.41) is 11.4. The molecule has 0 aliphatic heterocycles. The van der Waals surface area contributed by atoms with Crippen LogP contribution in [0.15, 0.2) is 21.9 Å². The molecule has 0 saturated carbocycles. The Morgan fingerprint density at radius 2 is 2.18 bits per heavy atom. The lowest BCUT2D eigenvalue weighted by Crippen LogP contribution is -2.41. The number of nitrogens with one attached hydrogen (secondary N) is 1. The van der Waals surface area contributed by atoms with E-state index in [-0.39, 0.29) is 13.1 Å². The highest BCUT2D eigenvalue weighted by Crippen LogP contribution is 1.81. The monoisotopic (exact) mass is 241 g/mol. The Balaban J connectivity index is 2.76. The van der Waals surface area contributed by atoms with Crippen molar-refractivity contribution >= 4 is 5.91 Å². The standard InChI is InChI=1S/C10H15N3O4/c1-7(14)5-11-8(15)6-13-4-3-9(16)12(2)10(13)17/h3-4,7,14H,5-6H2,1-2H3,(H,11,15). The van der Waals surface area contributed by atoms with Crippen molar-refractivity contribution in [1.82, 2.24) is 14.5 Å². The molecule has 0 radical (unpaired) electrons. The second-order valence-electron chi connectivity index (χ2n) is 3.78. The van der Waals surface area contributed by atoms with Gasteiger partial charge in [0.05, 0.1) is 6.10 Å². The van der Waals surface area contributed by atoms with Gasteiger partial charge in [0.15, 0.2) is 0 Å². The van der Waals surface area contributed by atoms with Gasteiger partial charge in [0.2, 0.25) is 5.91 Å². The van der Waals surface area contributed by atoms with Crippen molar-refractivity contribution < 1.29 is 9.90 Å². The minimum Gasteiger partial charge on any atom is -0.392 e. The zero-order valence-corrected chi connectivity index (χ0v) is 9.71. The summed E-state index contributed by atoms with van der Waals surface area (Å²) in [7, 11) is 1.34. The molecule has 1 atom stereocenters. The third kappa shape index (κ3) is 3.56. The van der Waals surface area contributed by atoms with Crippen LogP contribution in [0.1, 0.15) is 6.92 Å². The van der Waals surface area contributed by atoms with Gasteiger partial charge in [0, 0.05) is 25.9 Å². The van der Waals surface area contributed by atoms with Crippen molar-refractivity contribution in [3.05, 3.63) is 33.1 Å². The van der Waals surface area contributed by atoms with Crippen molar-refractivity contribution in [2.75, 3.05) is 6.54 Å². The summed E-state index contributed by atoms with van der Waals surface area (Å²) < 4.78 is 2.04. The molecule has 1 rings (SSSR count). The van der Waals surface area contributed by atoms with Crippen LogP contribution in [0, 0.1) is 0 Å². The number of hydrogen-bond acceptors (Lipinski definition) is 4. The van der Waals surface area contributed by atoms with Crippen molar-refractivity contribution in [3.8, 4) is 0 Å².